The molecule has 102 valence electrons. The van der Waals surface area contributed by atoms with Crippen LogP contribution >= 0.6 is 0 Å². The number of nitrogens with zero attached hydrogens (tertiary/aromatic N) is 3. The predicted octanol–water partition coefficient (Wildman–Crippen LogP) is 1.62. The van der Waals surface area contributed by atoms with Gasteiger partial charge in [-0.25, -0.2) is 0 Å². The Morgan fingerprint density at radius 3 is 2.94 bits per heavy atom. The van der Waals surface area contributed by atoms with Crippen molar-refractivity contribution < 1.29 is 4.52 Å². The maximum atomic E-state index is 5.22. The summed E-state index contributed by atoms with van der Waals surface area (Å²) < 4.78 is 5.22. The number of rotatable bonds is 5. The second-order valence-electron chi connectivity index (χ2n) is 5.61. The Hall–Kier alpha value is -0.940. The molecule has 0 bridgehead atoms. The van der Waals surface area contributed by atoms with Crippen LogP contribution in [0.4, 0.5) is 0 Å². The predicted molar refractivity (Wildman–Crippen MR) is 70.3 cm³/mol. The Morgan fingerprint density at radius 1 is 1.50 bits per heavy atom. The number of hydrogen-bond donors (Lipinski definition) is 1. The zero-order chi connectivity index (χ0) is 13.0. The highest BCUT2D eigenvalue weighted by atomic mass is 16.5. The molecule has 5 nitrogen and oxygen atoms in total. The fraction of sp³-hybridized carbons (Fsp3) is 0.846. The molecule has 1 aromatic rings. The minimum atomic E-state index is 0.305. The number of hydrogen-bond acceptors (Lipinski definition) is 5. The van der Waals surface area contributed by atoms with E-state index in [9.17, 15) is 0 Å². The number of piperidine rings is 1. The van der Waals surface area contributed by atoms with Crippen LogP contribution < -0.4 is 5.32 Å². The molecule has 1 saturated heterocycles. The van der Waals surface area contributed by atoms with Gasteiger partial charge in [0.2, 0.25) is 5.89 Å². The minimum absolute atomic E-state index is 0.305. The molecular weight excluding hydrogens is 228 g/mol. The molecule has 2 heterocycles. The van der Waals surface area contributed by atoms with E-state index in [4.69, 9.17) is 4.52 Å². The maximum Gasteiger partial charge on any atom is 0.229 e. The standard InChI is InChI=1S/C13H24N4O/c1-10(2)13-15-12(16-18-13)9-17(3)8-11-5-4-6-14-7-11/h10-11,14H,4-9H2,1-3H3. The molecule has 0 aliphatic carbocycles. The van der Waals surface area contributed by atoms with Crippen LogP contribution in [0.3, 0.4) is 0 Å². The lowest BCUT2D eigenvalue weighted by atomic mass is 9.99. The average Bonchev–Trinajstić information content (AvgIpc) is 2.78. The van der Waals surface area contributed by atoms with Crippen LogP contribution in [0, 0.1) is 5.92 Å². The van der Waals surface area contributed by atoms with Gasteiger partial charge in [0, 0.05) is 12.5 Å². The van der Waals surface area contributed by atoms with Crippen molar-refractivity contribution >= 4 is 0 Å². The second kappa shape index (κ2) is 6.29. The lowest BCUT2D eigenvalue weighted by molar-refractivity contribution is 0.231. The largest absolute Gasteiger partial charge is 0.339 e. The first-order valence-corrected chi connectivity index (χ1v) is 6.87. The van der Waals surface area contributed by atoms with Gasteiger partial charge in [-0.1, -0.05) is 19.0 Å². The highest BCUT2D eigenvalue weighted by Gasteiger charge is 2.17. The van der Waals surface area contributed by atoms with Crippen molar-refractivity contribution in [1.29, 1.82) is 0 Å². The lowest BCUT2D eigenvalue weighted by Gasteiger charge is -2.26. The van der Waals surface area contributed by atoms with Crippen LogP contribution in [0.15, 0.2) is 4.52 Å². The van der Waals surface area contributed by atoms with Crippen molar-refractivity contribution in [1.82, 2.24) is 20.4 Å². The monoisotopic (exact) mass is 252 g/mol. The molecule has 18 heavy (non-hydrogen) atoms. The number of aromatic nitrogens is 2. The first-order valence-electron chi connectivity index (χ1n) is 6.87. The minimum Gasteiger partial charge on any atom is -0.339 e. The normalized spacial score (nSPS) is 20.8. The summed E-state index contributed by atoms with van der Waals surface area (Å²) in [7, 11) is 2.13. The fourth-order valence-electron chi connectivity index (χ4n) is 2.39. The molecule has 5 heteroatoms. The second-order valence-corrected chi connectivity index (χ2v) is 5.61. The van der Waals surface area contributed by atoms with Crippen LogP contribution in [-0.4, -0.2) is 41.7 Å². The van der Waals surface area contributed by atoms with E-state index >= 15 is 0 Å². The highest BCUT2D eigenvalue weighted by Crippen LogP contribution is 2.14. The Labute approximate surface area is 109 Å². The van der Waals surface area contributed by atoms with E-state index in [2.05, 4.69) is 41.3 Å². The van der Waals surface area contributed by atoms with Crippen molar-refractivity contribution in [3.8, 4) is 0 Å². The van der Waals surface area contributed by atoms with Crippen LogP contribution in [-0.2, 0) is 6.54 Å². The first-order chi connectivity index (χ1) is 8.65. The van der Waals surface area contributed by atoms with Gasteiger partial charge in [0.05, 0.1) is 6.54 Å². The van der Waals surface area contributed by atoms with Gasteiger partial charge in [0.25, 0.3) is 0 Å². The van der Waals surface area contributed by atoms with Gasteiger partial charge >= 0.3 is 0 Å². The summed E-state index contributed by atoms with van der Waals surface area (Å²) in [5.41, 5.74) is 0. The summed E-state index contributed by atoms with van der Waals surface area (Å²) in [6, 6.07) is 0. The Kier molecular flexibility index (Phi) is 4.72. The summed E-state index contributed by atoms with van der Waals surface area (Å²) in [5.74, 6) is 2.59. The molecule has 1 N–H and O–H groups in total. The molecule has 2 rings (SSSR count). The van der Waals surface area contributed by atoms with Crippen molar-refractivity contribution in [3.63, 3.8) is 0 Å². The van der Waals surface area contributed by atoms with E-state index in [1.165, 1.54) is 19.4 Å². The number of nitrogens with one attached hydrogen (secondary N) is 1. The van der Waals surface area contributed by atoms with Crippen LogP contribution in [0.5, 0.6) is 0 Å². The van der Waals surface area contributed by atoms with Crippen LogP contribution in [0.2, 0.25) is 0 Å². The third kappa shape index (κ3) is 3.78. The molecule has 1 aromatic heterocycles. The molecule has 1 atom stereocenters. The van der Waals surface area contributed by atoms with E-state index in [-0.39, 0.29) is 0 Å². The van der Waals surface area contributed by atoms with Crippen LogP contribution in [0.1, 0.15) is 44.3 Å². The smallest absolute Gasteiger partial charge is 0.229 e. The van der Waals surface area contributed by atoms with Crippen molar-refractivity contribution in [2.45, 2.75) is 39.2 Å². The molecule has 0 amide bonds. The maximum absolute atomic E-state index is 5.22. The quantitative estimate of drug-likeness (QED) is 0.863. The summed E-state index contributed by atoms with van der Waals surface area (Å²) in [6.07, 6.45) is 2.61. The SMILES string of the molecule is CC(C)c1nc(CN(C)CC2CCCNC2)no1. The topological polar surface area (TPSA) is 54.2 Å². The molecule has 0 saturated carbocycles. The average molecular weight is 252 g/mol. The third-order valence-electron chi connectivity index (χ3n) is 3.36. The van der Waals surface area contributed by atoms with Gasteiger partial charge in [0.15, 0.2) is 5.82 Å². The highest BCUT2D eigenvalue weighted by molar-refractivity contribution is 4.90. The first kappa shape index (κ1) is 13.5. The summed E-state index contributed by atoms with van der Waals surface area (Å²) in [6.45, 7) is 8.30. The summed E-state index contributed by atoms with van der Waals surface area (Å²) >= 11 is 0. The molecule has 1 unspecified atom stereocenters. The van der Waals surface area contributed by atoms with E-state index in [0.717, 1.165) is 37.3 Å². The van der Waals surface area contributed by atoms with Crippen molar-refractivity contribution in [2.24, 2.45) is 5.92 Å². The van der Waals surface area contributed by atoms with Gasteiger partial charge in [-0.15, -0.1) is 0 Å². The van der Waals surface area contributed by atoms with E-state index in [0.29, 0.717) is 5.92 Å². The van der Waals surface area contributed by atoms with Gasteiger partial charge in [-0.05, 0) is 38.9 Å². The summed E-state index contributed by atoms with van der Waals surface area (Å²) in [4.78, 5) is 6.69. The van der Waals surface area contributed by atoms with Crippen molar-refractivity contribution in [2.75, 3.05) is 26.7 Å². The molecule has 0 radical (unpaired) electrons. The third-order valence-corrected chi connectivity index (χ3v) is 3.36. The Morgan fingerprint density at radius 2 is 2.33 bits per heavy atom. The van der Waals surface area contributed by atoms with Crippen LogP contribution in [0.25, 0.3) is 0 Å². The molecule has 0 aromatic carbocycles. The Bertz CT molecular complexity index is 358. The van der Waals surface area contributed by atoms with E-state index < -0.39 is 0 Å². The molecule has 1 fully saturated rings. The van der Waals surface area contributed by atoms with Crippen molar-refractivity contribution in [3.05, 3.63) is 11.7 Å². The Balaban J connectivity index is 1.80. The van der Waals surface area contributed by atoms with Gasteiger partial charge in [-0.3, -0.25) is 4.90 Å². The molecule has 0 spiro atoms. The van der Waals surface area contributed by atoms with Gasteiger partial charge in [0.1, 0.15) is 0 Å². The zero-order valence-corrected chi connectivity index (χ0v) is 11.6. The van der Waals surface area contributed by atoms with Gasteiger partial charge < -0.3 is 9.84 Å². The molecular formula is C13H24N4O. The zero-order valence-electron chi connectivity index (χ0n) is 11.6. The van der Waals surface area contributed by atoms with E-state index in [1.54, 1.807) is 0 Å². The fourth-order valence-corrected chi connectivity index (χ4v) is 2.39. The molecule has 1 aliphatic rings. The van der Waals surface area contributed by atoms with Gasteiger partial charge in [-0.2, -0.15) is 4.98 Å². The molecule has 1 aliphatic heterocycles. The summed E-state index contributed by atoms with van der Waals surface area (Å²) in [5, 5.41) is 7.47. The lowest BCUT2D eigenvalue weighted by Crippen LogP contribution is -2.36. The van der Waals surface area contributed by atoms with E-state index in [1.807, 2.05) is 0 Å².